The molecular weight excluding hydrogens is 304 g/mol. The number of hydrogen-bond donors (Lipinski definition) is 1. The van der Waals surface area contributed by atoms with Crippen LogP contribution < -0.4 is 4.90 Å². The summed E-state index contributed by atoms with van der Waals surface area (Å²) in [5, 5.41) is 19.0. The molecule has 1 aliphatic carbocycles. The number of hydrogen-bond acceptors (Lipinski definition) is 6. The Morgan fingerprint density at radius 3 is 2.92 bits per heavy atom. The van der Waals surface area contributed by atoms with E-state index in [0.29, 0.717) is 18.3 Å². The highest BCUT2D eigenvalue weighted by atomic mass is 16.4. The minimum atomic E-state index is -0.586. The Labute approximate surface area is 142 Å². The first-order valence-corrected chi connectivity index (χ1v) is 8.65. The maximum atomic E-state index is 10.3. The van der Waals surface area contributed by atoms with Crippen LogP contribution in [0.15, 0.2) is 22.6 Å². The summed E-state index contributed by atoms with van der Waals surface area (Å²) in [5.74, 6) is 2.46. The maximum Gasteiger partial charge on any atom is 0.151 e. The van der Waals surface area contributed by atoms with Crippen molar-refractivity contribution in [2.24, 2.45) is 0 Å². The molecule has 0 aromatic carbocycles. The number of aliphatic hydroxyl groups excluding tert-OH is 1. The van der Waals surface area contributed by atoms with Crippen molar-refractivity contribution >= 4 is 5.82 Å². The van der Waals surface area contributed by atoms with E-state index in [2.05, 4.69) is 33.1 Å². The van der Waals surface area contributed by atoms with Crippen molar-refractivity contribution in [3.8, 4) is 0 Å². The first-order chi connectivity index (χ1) is 11.6. The number of nitrogens with zero attached hydrogens (tertiary/aromatic N) is 4. The van der Waals surface area contributed by atoms with Gasteiger partial charge in [0.05, 0.1) is 5.69 Å². The molecule has 1 atom stereocenters. The van der Waals surface area contributed by atoms with Crippen LogP contribution >= 0.6 is 0 Å². The normalized spacial score (nSPS) is 18.8. The fraction of sp³-hybridized carbons (Fsp3) is 0.556. The average molecular weight is 328 g/mol. The van der Waals surface area contributed by atoms with Crippen LogP contribution in [0.2, 0.25) is 0 Å². The van der Waals surface area contributed by atoms with Gasteiger partial charge in [0.2, 0.25) is 0 Å². The van der Waals surface area contributed by atoms with E-state index in [-0.39, 0.29) is 0 Å². The van der Waals surface area contributed by atoms with Crippen molar-refractivity contribution < 1.29 is 9.52 Å². The smallest absolute Gasteiger partial charge is 0.151 e. The summed E-state index contributed by atoms with van der Waals surface area (Å²) in [5.41, 5.74) is 2.53. The molecule has 1 N–H and O–H groups in total. The SMILES string of the molecule is Cc1ccc(C(O)CN(C)C2CN(c3cc4c(nn3)CCC4)C2)o1. The van der Waals surface area contributed by atoms with Gasteiger partial charge >= 0.3 is 0 Å². The summed E-state index contributed by atoms with van der Waals surface area (Å²) in [4.78, 5) is 4.45. The van der Waals surface area contributed by atoms with Crippen LogP contribution in [-0.4, -0.2) is 52.9 Å². The van der Waals surface area contributed by atoms with Crippen molar-refractivity contribution in [1.29, 1.82) is 0 Å². The first-order valence-electron chi connectivity index (χ1n) is 8.65. The third kappa shape index (κ3) is 2.91. The fourth-order valence-electron chi connectivity index (χ4n) is 3.54. The number of likely N-dealkylation sites (N-methyl/N-ethyl adjacent to an activating group) is 1. The standard InChI is InChI=1S/C18H24N4O2/c1-12-6-7-17(24-12)16(23)11-21(2)14-9-22(10-14)18-8-13-4-3-5-15(13)19-20-18/h6-8,14,16,23H,3-5,9-11H2,1-2H3. The molecule has 2 aromatic heterocycles. The van der Waals surface area contributed by atoms with E-state index < -0.39 is 6.10 Å². The summed E-state index contributed by atoms with van der Waals surface area (Å²) >= 11 is 0. The molecule has 2 aliphatic rings. The van der Waals surface area contributed by atoms with Gasteiger partial charge in [-0.15, -0.1) is 5.10 Å². The Bertz CT molecular complexity index is 724. The number of anilines is 1. The lowest BCUT2D eigenvalue weighted by atomic mass is 10.1. The minimum Gasteiger partial charge on any atom is -0.464 e. The fourth-order valence-corrected chi connectivity index (χ4v) is 3.54. The van der Waals surface area contributed by atoms with Gasteiger partial charge in [0.1, 0.15) is 17.6 Å². The van der Waals surface area contributed by atoms with Crippen molar-refractivity contribution in [3.05, 3.63) is 41.0 Å². The number of fused-ring (bicyclic) bond motifs is 1. The van der Waals surface area contributed by atoms with E-state index >= 15 is 0 Å². The highest BCUT2D eigenvalue weighted by Gasteiger charge is 2.33. The monoisotopic (exact) mass is 328 g/mol. The predicted octanol–water partition coefficient (Wildman–Crippen LogP) is 1.72. The van der Waals surface area contributed by atoms with Crippen LogP contribution in [0.4, 0.5) is 5.82 Å². The molecule has 2 aromatic rings. The Morgan fingerprint density at radius 1 is 1.33 bits per heavy atom. The van der Waals surface area contributed by atoms with Crippen LogP contribution in [0.1, 0.15) is 35.3 Å². The van der Waals surface area contributed by atoms with Gasteiger partial charge in [0.25, 0.3) is 0 Å². The summed E-state index contributed by atoms with van der Waals surface area (Å²) in [6, 6.07) is 6.36. The highest BCUT2D eigenvalue weighted by molar-refractivity contribution is 5.45. The summed E-state index contributed by atoms with van der Waals surface area (Å²) < 4.78 is 5.51. The quantitative estimate of drug-likeness (QED) is 0.901. The van der Waals surface area contributed by atoms with Crippen LogP contribution in [0.3, 0.4) is 0 Å². The largest absolute Gasteiger partial charge is 0.464 e. The molecule has 4 rings (SSSR count). The molecule has 128 valence electrons. The Hall–Kier alpha value is -1.92. The molecule has 0 bridgehead atoms. The van der Waals surface area contributed by atoms with Gasteiger partial charge in [0.15, 0.2) is 5.82 Å². The predicted molar refractivity (Wildman–Crippen MR) is 91.1 cm³/mol. The lowest BCUT2D eigenvalue weighted by molar-refractivity contribution is 0.0787. The highest BCUT2D eigenvalue weighted by Crippen LogP contribution is 2.27. The minimum absolute atomic E-state index is 0.422. The molecule has 0 spiro atoms. The lowest BCUT2D eigenvalue weighted by Crippen LogP contribution is -2.59. The summed E-state index contributed by atoms with van der Waals surface area (Å²) in [6.45, 7) is 4.31. The Kier molecular flexibility index (Phi) is 4.02. The van der Waals surface area contributed by atoms with E-state index in [1.54, 1.807) is 0 Å². The van der Waals surface area contributed by atoms with E-state index in [9.17, 15) is 5.11 Å². The topological polar surface area (TPSA) is 65.6 Å². The van der Waals surface area contributed by atoms with Crippen molar-refractivity contribution in [1.82, 2.24) is 15.1 Å². The summed E-state index contributed by atoms with van der Waals surface area (Å²) in [6.07, 6.45) is 2.81. The molecule has 1 unspecified atom stereocenters. The summed E-state index contributed by atoms with van der Waals surface area (Å²) in [7, 11) is 2.05. The second-order valence-electron chi connectivity index (χ2n) is 6.99. The van der Waals surface area contributed by atoms with Gasteiger partial charge in [0, 0.05) is 25.7 Å². The molecule has 0 amide bonds. The van der Waals surface area contributed by atoms with Crippen molar-refractivity contribution in [2.45, 2.75) is 38.3 Å². The first kappa shape index (κ1) is 15.6. The molecule has 6 heteroatoms. The number of aliphatic hydroxyl groups is 1. The van der Waals surface area contributed by atoms with Gasteiger partial charge in [-0.2, -0.15) is 5.10 Å². The van der Waals surface area contributed by atoms with Gasteiger partial charge in [-0.3, -0.25) is 4.90 Å². The Balaban J connectivity index is 1.32. The second kappa shape index (κ2) is 6.18. The van der Waals surface area contributed by atoms with E-state index in [4.69, 9.17) is 4.42 Å². The molecule has 1 fully saturated rings. The van der Waals surface area contributed by atoms with E-state index in [1.165, 1.54) is 17.7 Å². The maximum absolute atomic E-state index is 10.3. The van der Waals surface area contributed by atoms with Crippen LogP contribution in [0.5, 0.6) is 0 Å². The molecule has 6 nitrogen and oxygen atoms in total. The van der Waals surface area contributed by atoms with Crippen molar-refractivity contribution in [2.75, 3.05) is 31.6 Å². The average Bonchev–Trinajstić information content (AvgIpc) is 3.13. The second-order valence-corrected chi connectivity index (χ2v) is 6.99. The van der Waals surface area contributed by atoms with Crippen LogP contribution in [0.25, 0.3) is 0 Å². The zero-order valence-electron chi connectivity index (χ0n) is 14.3. The Morgan fingerprint density at radius 2 is 2.17 bits per heavy atom. The van der Waals surface area contributed by atoms with Gasteiger partial charge < -0.3 is 14.4 Å². The lowest BCUT2D eigenvalue weighted by Gasteiger charge is -2.45. The molecule has 3 heterocycles. The zero-order chi connectivity index (χ0) is 16.7. The molecule has 1 aliphatic heterocycles. The number of rotatable bonds is 5. The van der Waals surface area contributed by atoms with E-state index in [0.717, 1.165) is 37.5 Å². The third-order valence-corrected chi connectivity index (χ3v) is 5.17. The van der Waals surface area contributed by atoms with Gasteiger partial charge in [-0.05, 0) is 57.0 Å². The molecule has 0 radical (unpaired) electrons. The molecule has 1 saturated heterocycles. The third-order valence-electron chi connectivity index (χ3n) is 5.17. The van der Waals surface area contributed by atoms with Crippen LogP contribution in [0, 0.1) is 6.92 Å². The van der Waals surface area contributed by atoms with Gasteiger partial charge in [-0.25, -0.2) is 0 Å². The molecular formula is C18H24N4O2. The van der Waals surface area contributed by atoms with E-state index in [1.807, 2.05) is 19.1 Å². The molecule has 0 saturated carbocycles. The number of aromatic nitrogens is 2. The van der Waals surface area contributed by atoms with Crippen molar-refractivity contribution in [3.63, 3.8) is 0 Å². The van der Waals surface area contributed by atoms with Gasteiger partial charge in [-0.1, -0.05) is 0 Å². The zero-order valence-corrected chi connectivity index (χ0v) is 14.3. The number of furan rings is 1. The molecule has 24 heavy (non-hydrogen) atoms. The number of aryl methyl sites for hydroxylation is 3. The van der Waals surface area contributed by atoms with Crippen LogP contribution in [-0.2, 0) is 12.8 Å².